The lowest BCUT2D eigenvalue weighted by atomic mass is 9.76. The Morgan fingerprint density at radius 1 is 1.47 bits per heavy atom. The van der Waals surface area contributed by atoms with E-state index in [0.29, 0.717) is 5.92 Å². The van der Waals surface area contributed by atoms with Gasteiger partial charge in [-0.1, -0.05) is 40.5 Å². The van der Waals surface area contributed by atoms with Gasteiger partial charge in [0.2, 0.25) is 5.91 Å². The molecule has 3 N–H and O–H groups in total. The van der Waals surface area contributed by atoms with Crippen molar-refractivity contribution >= 4 is 5.91 Å². The number of carbonyl (C=O) groups is 1. The van der Waals surface area contributed by atoms with Gasteiger partial charge in [-0.2, -0.15) is 0 Å². The molecule has 3 unspecified atom stereocenters. The van der Waals surface area contributed by atoms with Crippen LogP contribution in [0.4, 0.5) is 0 Å². The largest absolute Gasteiger partial charge is 0.352 e. The van der Waals surface area contributed by atoms with E-state index in [1.165, 1.54) is 6.42 Å². The number of rotatable bonds is 2. The Morgan fingerprint density at radius 2 is 2.06 bits per heavy atom. The fraction of sp³-hybridized carbons (Fsp3) is 0.929. The number of carbonyl (C=O) groups excluding carboxylic acids is 1. The van der Waals surface area contributed by atoms with Gasteiger partial charge in [0.15, 0.2) is 0 Å². The van der Waals surface area contributed by atoms with Crippen LogP contribution < -0.4 is 11.1 Å². The first-order chi connectivity index (χ1) is 7.65. The zero-order valence-electron chi connectivity index (χ0n) is 12.0. The molecule has 3 nitrogen and oxygen atoms in total. The van der Waals surface area contributed by atoms with Crippen LogP contribution in [0, 0.1) is 11.3 Å². The molecule has 0 aromatic rings. The molecule has 100 valence electrons. The Hall–Kier alpha value is -0.570. The van der Waals surface area contributed by atoms with E-state index in [-0.39, 0.29) is 17.4 Å². The van der Waals surface area contributed by atoms with Gasteiger partial charge in [0.25, 0.3) is 0 Å². The summed E-state index contributed by atoms with van der Waals surface area (Å²) in [6, 6.07) is 0.146. The van der Waals surface area contributed by atoms with Crippen molar-refractivity contribution in [1.82, 2.24) is 5.32 Å². The molecule has 1 aliphatic rings. The molecule has 0 bridgehead atoms. The van der Waals surface area contributed by atoms with Gasteiger partial charge in [-0.05, 0) is 31.1 Å². The van der Waals surface area contributed by atoms with E-state index in [4.69, 9.17) is 5.73 Å². The monoisotopic (exact) mass is 240 g/mol. The fourth-order valence-corrected chi connectivity index (χ4v) is 2.36. The van der Waals surface area contributed by atoms with Crippen molar-refractivity contribution in [3.8, 4) is 0 Å². The van der Waals surface area contributed by atoms with Gasteiger partial charge < -0.3 is 11.1 Å². The summed E-state index contributed by atoms with van der Waals surface area (Å²) in [5, 5.41) is 3.09. The molecule has 0 radical (unpaired) electrons. The van der Waals surface area contributed by atoms with Gasteiger partial charge in [-0.3, -0.25) is 4.79 Å². The third-order valence-corrected chi connectivity index (χ3v) is 4.13. The van der Waals surface area contributed by atoms with Gasteiger partial charge in [0.1, 0.15) is 0 Å². The lowest BCUT2D eigenvalue weighted by molar-refractivity contribution is -0.129. The van der Waals surface area contributed by atoms with Crippen molar-refractivity contribution in [3.63, 3.8) is 0 Å². The van der Waals surface area contributed by atoms with Crippen LogP contribution in [0.1, 0.15) is 60.3 Å². The first-order valence-corrected chi connectivity index (χ1v) is 6.75. The van der Waals surface area contributed by atoms with Crippen LogP contribution in [-0.2, 0) is 4.79 Å². The number of hydrogen-bond acceptors (Lipinski definition) is 2. The minimum Gasteiger partial charge on any atom is -0.352 e. The van der Waals surface area contributed by atoms with Gasteiger partial charge in [-0.25, -0.2) is 0 Å². The summed E-state index contributed by atoms with van der Waals surface area (Å²) < 4.78 is 0. The molecule has 0 aromatic heterocycles. The van der Waals surface area contributed by atoms with E-state index >= 15 is 0 Å². The first-order valence-electron chi connectivity index (χ1n) is 6.75. The van der Waals surface area contributed by atoms with Crippen LogP contribution in [0.5, 0.6) is 0 Å². The Morgan fingerprint density at radius 3 is 2.53 bits per heavy atom. The van der Waals surface area contributed by atoms with Crippen molar-refractivity contribution in [2.24, 2.45) is 17.1 Å². The molecule has 1 saturated carbocycles. The number of nitrogens with one attached hydrogen (secondary N) is 1. The summed E-state index contributed by atoms with van der Waals surface area (Å²) in [7, 11) is 0. The molecule has 1 rings (SSSR count). The molecule has 3 atom stereocenters. The zero-order chi connectivity index (χ0) is 13.3. The number of nitrogens with two attached hydrogens (primary N) is 1. The van der Waals surface area contributed by atoms with E-state index in [1.807, 2.05) is 6.92 Å². The van der Waals surface area contributed by atoms with Gasteiger partial charge in [-0.15, -0.1) is 0 Å². The fourth-order valence-electron chi connectivity index (χ4n) is 2.36. The summed E-state index contributed by atoms with van der Waals surface area (Å²) in [4.78, 5) is 12.3. The average molecular weight is 240 g/mol. The van der Waals surface area contributed by atoms with Crippen molar-refractivity contribution in [3.05, 3.63) is 0 Å². The third-order valence-electron chi connectivity index (χ3n) is 4.13. The quantitative estimate of drug-likeness (QED) is 0.779. The second-order valence-electron chi connectivity index (χ2n) is 6.92. The highest BCUT2D eigenvalue weighted by molar-refractivity contribution is 5.86. The van der Waals surface area contributed by atoms with Crippen LogP contribution in [0.3, 0.4) is 0 Å². The van der Waals surface area contributed by atoms with Crippen molar-refractivity contribution in [2.45, 2.75) is 71.9 Å². The highest BCUT2D eigenvalue weighted by Crippen LogP contribution is 2.31. The minimum atomic E-state index is -0.642. The van der Waals surface area contributed by atoms with E-state index in [1.54, 1.807) is 0 Å². The van der Waals surface area contributed by atoms with Crippen molar-refractivity contribution in [1.29, 1.82) is 0 Å². The van der Waals surface area contributed by atoms with Crippen LogP contribution >= 0.6 is 0 Å². The van der Waals surface area contributed by atoms with Crippen LogP contribution in [-0.4, -0.2) is 17.5 Å². The molecular formula is C14H28N2O. The van der Waals surface area contributed by atoms with Gasteiger partial charge >= 0.3 is 0 Å². The molecule has 1 fully saturated rings. The highest BCUT2D eigenvalue weighted by atomic mass is 16.2. The second-order valence-corrected chi connectivity index (χ2v) is 6.92. The summed E-state index contributed by atoms with van der Waals surface area (Å²) in [5.74, 6) is 0.593. The molecule has 0 aromatic carbocycles. The molecule has 3 heteroatoms. The minimum absolute atomic E-state index is 0.0338. The SMILES string of the molecule is CC1CCCC(N)(C(=O)NC(C)C(C)(C)C)C1. The number of amides is 1. The summed E-state index contributed by atoms with van der Waals surface area (Å²) >= 11 is 0. The number of hydrogen-bond donors (Lipinski definition) is 2. The Bertz CT molecular complexity index is 282. The smallest absolute Gasteiger partial charge is 0.240 e. The molecule has 0 saturated heterocycles. The zero-order valence-corrected chi connectivity index (χ0v) is 12.0. The van der Waals surface area contributed by atoms with Crippen molar-refractivity contribution in [2.75, 3.05) is 0 Å². The highest BCUT2D eigenvalue weighted by Gasteiger charge is 2.39. The molecule has 0 heterocycles. The van der Waals surface area contributed by atoms with E-state index in [2.05, 4.69) is 33.0 Å². The molecule has 17 heavy (non-hydrogen) atoms. The Labute approximate surface area is 106 Å². The summed E-state index contributed by atoms with van der Waals surface area (Å²) in [5.41, 5.74) is 5.71. The van der Waals surface area contributed by atoms with Gasteiger partial charge in [0.05, 0.1) is 5.54 Å². The molecule has 0 spiro atoms. The van der Waals surface area contributed by atoms with E-state index < -0.39 is 5.54 Å². The predicted octanol–water partition coefficient (Wildman–Crippen LogP) is 2.44. The maximum Gasteiger partial charge on any atom is 0.240 e. The summed E-state index contributed by atoms with van der Waals surface area (Å²) in [6.45, 7) is 10.6. The lowest BCUT2D eigenvalue weighted by Crippen LogP contribution is -2.59. The molecule has 1 amide bonds. The molecular weight excluding hydrogens is 212 g/mol. The van der Waals surface area contributed by atoms with Crippen LogP contribution in [0.2, 0.25) is 0 Å². The van der Waals surface area contributed by atoms with E-state index in [9.17, 15) is 4.79 Å². The maximum absolute atomic E-state index is 12.3. The van der Waals surface area contributed by atoms with Gasteiger partial charge in [0, 0.05) is 6.04 Å². The molecule has 1 aliphatic carbocycles. The average Bonchev–Trinajstić information content (AvgIpc) is 2.15. The lowest BCUT2D eigenvalue weighted by Gasteiger charge is -2.38. The normalized spacial score (nSPS) is 32.0. The van der Waals surface area contributed by atoms with Crippen LogP contribution in [0.25, 0.3) is 0 Å². The standard InChI is InChI=1S/C14H28N2O/c1-10-7-6-8-14(15,9-10)12(17)16-11(2)13(3,4)5/h10-11H,6-9,15H2,1-5H3,(H,16,17). The van der Waals surface area contributed by atoms with Crippen LogP contribution in [0.15, 0.2) is 0 Å². The maximum atomic E-state index is 12.3. The van der Waals surface area contributed by atoms with E-state index in [0.717, 1.165) is 19.3 Å². The summed E-state index contributed by atoms with van der Waals surface area (Å²) in [6.07, 6.45) is 3.89. The Balaban J connectivity index is 2.63. The first kappa shape index (κ1) is 14.5. The second kappa shape index (κ2) is 4.97. The predicted molar refractivity (Wildman–Crippen MR) is 71.6 cm³/mol. The Kier molecular flexibility index (Phi) is 4.23. The topological polar surface area (TPSA) is 55.1 Å². The molecule has 0 aliphatic heterocycles. The van der Waals surface area contributed by atoms with Crippen molar-refractivity contribution < 1.29 is 4.79 Å². The third kappa shape index (κ3) is 3.70.